The number of carbonyl (C=O) groups is 1. The van der Waals surface area contributed by atoms with Crippen molar-refractivity contribution < 1.29 is 4.79 Å². The van der Waals surface area contributed by atoms with E-state index in [4.69, 9.17) is 11.6 Å². The highest BCUT2D eigenvalue weighted by atomic mass is 79.9. The maximum Gasteiger partial charge on any atom is 0.153 e. The number of ketones is 1. The molecule has 1 heterocycles. The van der Waals surface area contributed by atoms with Crippen LogP contribution in [0.1, 0.15) is 6.42 Å². The van der Waals surface area contributed by atoms with E-state index < -0.39 is 0 Å². The van der Waals surface area contributed by atoms with Gasteiger partial charge in [-0.2, -0.15) is 0 Å². The highest BCUT2D eigenvalue weighted by Crippen LogP contribution is 2.30. The Bertz CT molecular complexity index is 380. The Hall–Kier alpha value is -0.540. The molecule has 1 fully saturated rings. The quantitative estimate of drug-likeness (QED) is 0.785. The molecule has 2 rings (SSSR count). The first kappa shape index (κ1) is 9.99. The molecule has 74 valence electrons. The molecule has 0 N–H and O–H groups in total. The minimum Gasteiger partial charge on any atom is -0.363 e. The second kappa shape index (κ2) is 3.91. The summed E-state index contributed by atoms with van der Waals surface area (Å²) in [6.07, 6.45) is 0.631. The van der Waals surface area contributed by atoms with Crippen LogP contribution in [-0.4, -0.2) is 18.9 Å². The van der Waals surface area contributed by atoms with Gasteiger partial charge in [-0.3, -0.25) is 4.79 Å². The van der Waals surface area contributed by atoms with E-state index in [-0.39, 0.29) is 5.78 Å². The first-order valence-electron chi connectivity index (χ1n) is 4.38. The number of rotatable bonds is 1. The van der Waals surface area contributed by atoms with Crippen molar-refractivity contribution in [2.75, 3.05) is 18.0 Å². The lowest BCUT2D eigenvalue weighted by Gasteiger charge is -2.17. The van der Waals surface area contributed by atoms with Crippen molar-refractivity contribution >= 4 is 39.0 Å². The van der Waals surface area contributed by atoms with Crippen molar-refractivity contribution in [2.45, 2.75) is 6.42 Å². The van der Waals surface area contributed by atoms with Crippen LogP contribution in [0.4, 0.5) is 5.69 Å². The lowest BCUT2D eigenvalue weighted by atomic mass is 10.3. The number of nitrogens with zero attached hydrogens (tertiary/aromatic N) is 1. The summed E-state index contributed by atoms with van der Waals surface area (Å²) in [5.74, 6) is 0.281. The number of hydrogen-bond acceptors (Lipinski definition) is 2. The van der Waals surface area contributed by atoms with Gasteiger partial charge >= 0.3 is 0 Å². The summed E-state index contributed by atoms with van der Waals surface area (Å²) in [5.41, 5.74) is 0.945. The summed E-state index contributed by atoms with van der Waals surface area (Å²) < 4.78 is 0.955. The minimum atomic E-state index is 0.281. The zero-order valence-corrected chi connectivity index (χ0v) is 9.81. The van der Waals surface area contributed by atoms with Crippen LogP contribution >= 0.6 is 27.5 Å². The normalized spacial score (nSPS) is 16.4. The topological polar surface area (TPSA) is 20.3 Å². The molecule has 0 aliphatic carbocycles. The Kier molecular flexibility index (Phi) is 2.79. The van der Waals surface area contributed by atoms with Crippen LogP contribution in [0, 0.1) is 0 Å². The van der Waals surface area contributed by atoms with E-state index in [2.05, 4.69) is 15.9 Å². The molecule has 14 heavy (non-hydrogen) atoms. The van der Waals surface area contributed by atoms with Gasteiger partial charge in [0.1, 0.15) is 0 Å². The van der Waals surface area contributed by atoms with Gasteiger partial charge in [0.15, 0.2) is 5.78 Å². The molecule has 0 bridgehead atoms. The predicted molar refractivity (Wildman–Crippen MR) is 61.0 cm³/mol. The van der Waals surface area contributed by atoms with Gasteiger partial charge in [0, 0.05) is 17.4 Å². The molecule has 0 amide bonds. The lowest BCUT2D eigenvalue weighted by Crippen LogP contribution is -2.19. The van der Waals surface area contributed by atoms with Crippen molar-refractivity contribution in [3.8, 4) is 0 Å². The molecule has 0 aromatic heterocycles. The maximum absolute atomic E-state index is 11.1. The zero-order valence-electron chi connectivity index (χ0n) is 7.46. The summed E-state index contributed by atoms with van der Waals surface area (Å²) in [7, 11) is 0. The molecule has 2 nitrogen and oxygen atoms in total. The van der Waals surface area contributed by atoms with Crippen molar-refractivity contribution in [1.82, 2.24) is 0 Å². The van der Waals surface area contributed by atoms with Gasteiger partial charge in [-0.15, -0.1) is 0 Å². The number of Topliss-reactive ketones (excluding diaryl/α,β-unsaturated/α-hetero) is 1. The maximum atomic E-state index is 11.1. The monoisotopic (exact) mass is 273 g/mol. The number of benzene rings is 1. The fourth-order valence-electron chi connectivity index (χ4n) is 1.57. The first-order chi connectivity index (χ1) is 6.66. The standard InChI is InChI=1S/C10H9BrClNO/c11-7-1-2-10(9(12)5-7)13-4-3-8(14)6-13/h1-2,5H,3-4,6H2. The third-order valence-corrected chi connectivity index (χ3v) is 3.07. The van der Waals surface area contributed by atoms with Gasteiger partial charge in [0.25, 0.3) is 0 Å². The molecule has 1 aliphatic heterocycles. The molecule has 0 unspecified atom stereocenters. The number of anilines is 1. The van der Waals surface area contributed by atoms with E-state index in [1.54, 1.807) is 0 Å². The smallest absolute Gasteiger partial charge is 0.153 e. The Labute approximate surface area is 96.0 Å². The Morgan fingerprint density at radius 2 is 2.21 bits per heavy atom. The molecule has 1 saturated heterocycles. The summed E-state index contributed by atoms with van der Waals surface area (Å²) >= 11 is 9.42. The summed E-state index contributed by atoms with van der Waals surface area (Å²) in [6, 6.07) is 5.72. The van der Waals surface area contributed by atoms with Crippen LogP contribution in [0.3, 0.4) is 0 Å². The molecule has 1 aromatic rings. The van der Waals surface area contributed by atoms with E-state index in [0.717, 1.165) is 16.7 Å². The van der Waals surface area contributed by atoms with E-state index in [1.807, 2.05) is 23.1 Å². The summed E-state index contributed by atoms with van der Waals surface area (Å²) in [6.45, 7) is 1.27. The molecule has 0 radical (unpaired) electrons. The molecule has 0 atom stereocenters. The molecule has 4 heteroatoms. The lowest BCUT2D eigenvalue weighted by molar-refractivity contribution is -0.116. The SMILES string of the molecule is O=C1CCN(c2ccc(Br)cc2Cl)C1. The third-order valence-electron chi connectivity index (χ3n) is 2.28. The molecule has 1 aliphatic rings. The van der Waals surface area contributed by atoms with E-state index in [0.29, 0.717) is 18.0 Å². The van der Waals surface area contributed by atoms with Gasteiger partial charge in [0.2, 0.25) is 0 Å². The number of hydrogen-bond donors (Lipinski definition) is 0. The van der Waals surface area contributed by atoms with Gasteiger partial charge in [-0.05, 0) is 18.2 Å². The molecule has 1 aromatic carbocycles. The van der Waals surface area contributed by atoms with Gasteiger partial charge in [-0.1, -0.05) is 27.5 Å². The second-order valence-electron chi connectivity index (χ2n) is 3.31. The minimum absolute atomic E-state index is 0.281. The van der Waals surface area contributed by atoms with Crippen LogP contribution in [0.25, 0.3) is 0 Å². The van der Waals surface area contributed by atoms with Crippen molar-refractivity contribution in [2.24, 2.45) is 0 Å². The first-order valence-corrected chi connectivity index (χ1v) is 5.55. The highest BCUT2D eigenvalue weighted by molar-refractivity contribution is 9.10. The third kappa shape index (κ3) is 1.93. The summed E-state index contributed by atoms with van der Waals surface area (Å²) in [5, 5.41) is 0.689. The zero-order chi connectivity index (χ0) is 10.1. The second-order valence-corrected chi connectivity index (χ2v) is 4.63. The van der Waals surface area contributed by atoms with Gasteiger partial charge in [0.05, 0.1) is 17.3 Å². The van der Waals surface area contributed by atoms with Crippen molar-refractivity contribution in [3.05, 3.63) is 27.7 Å². The highest BCUT2D eigenvalue weighted by Gasteiger charge is 2.21. The Morgan fingerprint density at radius 1 is 1.43 bits per heavy atom. The Morgan fingerprint density at radius 3 is 2.79 bits per heavy atom. The van der Waals surface area contributed by atoms with E-state index in [9.17, 15) is 4.79 Å². The number of carbonyl (C=O) groups excluding carboxylic acids is 1. The van der Waals surface area contributed by atoms with Crippen LogP contribution < -0.4 is 4.90 Å². The molecular formula is C10H9BrClNO. The van der Waals surface area contributed by atoms with Gasteiger partial charge < -0.3 is 4.90 Å². The number of halogens is 2. The van der Waals surface area contributed by atoms with Crippen LogP contribution in [0.15, 0.2) is 22.7 Å². The molecule has 0 saturated carbocycles. The molecular weight excluding hydrogens is 265 g/mol. The average Bonchev–Trinajstić information content (AvgIpc) is 2.51. The fourth-order valence-corrected chi connectivity index (χ4v) is 2.37. The Balaban J connectivity index is 2.28. The van der Waals surface area contributed by atoms with Crippen LogP contribution in [0.2, 0.25) is 5.02 Å². The van der Waals surface area contributed by atoms with Crippen molar-refractivity contribution in [3.63, 3.8) is 0 Å². The molecule has 0 spiro atoms. The van der Waals surface area contributed by atoms with Gasteiger partial charge in [-0.25, -0.2) is 0 Å². The van der Waals surface area contributed by atoms with Crippen LogP contribution in [-0.2, 0) is 4.79 Å². The largest absolute Gasteiger partial charge is 0.363 e. The average molecular weight is 275 g/mol. The predicted octanol–water partition coefficient (Wildman–Crippen LogP) is 2.88. The fraction of sp³-hybridized carbons (Fsp3) is 0.300. The van der Waals surface area contributed by atoms with E-state index in [1.165, 1.54) is 0 Å². The summed E-state index contributed by atoms with van der Waals surface area (Å²) in [4.78, 5) is 13.1. The van der Waals surface area contributed by atoms with Crippen LogP contribution in [0.5, 0.6) is 0 Å². The van der Waals surface area contributed by atoms with Crippen molar-refractivity contribution in [1.29, 1.82) is 0 Å². The van der Waals surface area contributed by atoms with E-state index >= 15 is 0 Å².